The first kappa shape index (κ1) is 13.0. The van der Waals surface area contributed by atoms with E-state index < -0.39 is 0 Å². The Kier molecular flexibility index (Phi) is 4.26. The number of aliphatic hydroxyl groups is 1. The average Bonchev–Trinajstić information content (AvgIpc) is 2.86. The van der Waals surface area contributed by atoms with E-state index in [1.54, 1.807) is 7.11 Å². The van der Waals surface area contributed by atoms with Gasteiger partial charge in [-0.1, -0.05) is 0 Å². The summed E-state index contributed by atoms with van der Waals surface area (Å²) in [4.78, 5) is 9.30. The minimum absolute atomic E-state index is 0.0468. The molecule has 0 aliphatic heterocycles. The molecule has 0 radical (unpaired) electrons. The van der Waals surface area contributed by atoms with E-state index in [1.807, 2.05) is 11.4 Å². The van der Waals surface area contributed by atoms with Gasteiger partial charge in [-0.15, -0.1) is 11.3 Å². The second-order valence-corrected chi connectivity index (χ2v) is 4.55. The number of nitrogens with one attached hydrogen (secondary N) is 2. The van der Waals surface area contributed by atoms with E-state index in [0.717, 1.165) is 10.2 Å². The molecule has 0 spiro atoms. The van der Waals surface area contributed by atoms with Crippen LogP contribution in [0, 0.1) is 0 Å². The second-order valence-electron chi connectivity index (χ2n) is 3.66. The molecule has 0 aliphatic carbocycles. The third-order valence-corrected chi connectivity index (χ3v) is 3.19. The van der Waals surface area contributed by atoms with E-state index in [-0.39, 0.29) is 12.6 Å². The number of fused-ring (bicyclic) bond motifs is 1. The molecule has 18 heavy (non-hydrogen) atoms. The van der Waals surface area contributed by atoms with E-state index in [2.05, 4.69) is 20.7 Å². The highest BCUT2D eigenvalue weighted by atomic mass is 32.1. The Morgan fingerprint density at radius 3 is 3.06 bits per heavy atom. The number of nitrogens with zero attached hydrogens (tertiary/aromatic N) is 2. The molecule has 1 unspecified atom stereocenters. The quantitative estimate of drug-likeness (QED) is 0.444. The summed E-state index contributed by atoms with van der Waals surface area (Å²) in [6.07, 6.45) is 0. The Bertz CT molecular complexity index is 518. The minimum atomic E-state index is -0.223. The average molecular weight is 269 g/mol. The molecular weight excluding hydrogens is 254 g/mol. The molecule has 0 fully saturated rings. The molecule has 0 aliphatic rings. The van der Waals surface area contributed by atoms with Crippen LogP contribution in [0.2, 0.25) is 0 Å². The SMILES string of the molecule is COCC(CO)Nc1nc(NN)nc2sccc12. The van der Waals surface area contributed by atoms with E-state index >= 15 is 0 Å². The summed E-state index contributed by atoms with van der Waals surface area (Å²) >= 11 is 1.50. The van der Waals surface area contributed by atoms with Crippen molar-refractivity contribution < 1.29 is 9.84 Å². The maximum atomic E-state index is 9.24. The first-order valence-corrected chi connectivity index (χ1v) is 6.24. The highest BCUT2D eigenvalue weighted by molar-refractivity contribution is 7.16. The van der Waals surface area contributed by atoms with Crippen molar-refractivity contribution in [1.82, 2.24) is 9.97 Å². The summed E-state index contributed by atoms with van der Waals surface area (Å²) in [5, 5.41) is 15.2. The number of rotatable bonds is 6. The normalized spacial score (nSPS) is 12.6. The van der Waals surface area contributed by atoms with Crippen LogP contribution >= 0.6 is 11.3 Å². The van der Waals surface area contributed by atoms with Gasteiger partial charge in [-0.05, 0) is 11.4 Å². The number of anilines is 2. The Hall–Kier alpha value is -1.48. The van der Waals surface area contributed by atoms with Gasteiger partial charge in [-0.3, -0.25) is 5.43 Å². The summed E-state index contributed by atoms with van der Waals surface area (Å²) < 4.78 is 5.01. The summed E-state index contributed by atoms with van der Waals surface area (Å²) in [5.74, 6) is 6.29. The second kappa shape index (κ2) is 5.91. The molecule has 0 saturated carbocycles. The van der Waals surface area contributed by atoms with Crippen molar-refractivity contribution >= 4 is 33.3 Å². The zero-order valence-corrected chi connectivity index (χ0v) is 10.7. The summed E-state index contributed by atoms with van der Waals surface area (Å²) in [7, 11) is 1.58. The number of ether oxygens (including phenoxy) is 1. The predicted molar refractivity (Wildman–Crippen MR) is 71.6 cm³/mol. The maximum Gasteiger partial charge on any atom is 0.240 e. The number of hydrazine groups is 1. The van der Waals surface area contributed by atoms with Gasteiger partial charge in [0.25, 0.3) is 0 Å². The summed E-state index contributed by atoms with van der Waals surface area (Å²) in [5.41, 5.74) is 2.42. The van der Waals surface area contributed by atoms with Crippen molar-refractivity contribution in [2.24, 2.45) is 5.84 Å². The maximum absolute atomic E-state index is 9.24. The van der Waals surface area contributed by atoms with E-state index in [1.165, 1.54) is 11.3 Å². The van der Waals surface area contributed by atoms with Gasteiger partial charge in [0.1, 0.15) is 10.6 Å². The molecule has 2 rings (SSSR count). The number of nitrogen functional groups attached to an aromatic ring is 1. The van der Waals surface area contributed by atoms with Crippen LogP contribution in [0.25, 0.3) is 10.2 Å². The monoisotopic (exact) mass is 269 g/mol. The number of thiophene rings is 1. The molecule has 2 heterocycles. The molecule has 1 atom stereocenters. The Labute approximate surface area is 108 Å². The van der Waals surface area contributed by atoms with Crippen molar-refractivity contribution in [3.05, 3.63) is 11.4 Å². The lowest BCUT2D eigenvalue weighted by atomic mass is 10.3. The topological polar surface area (TPSA) is 105 Å². The van der Waals surface area contributed by atoms with Crippen molar-refractivity contribution in [3.8, 4) is 0 Å². The Morgan fingerprint density at radius 1 is 1.56 bits per heavy atom. The van der Waals surface area contributed by atoms with Gasteiger partial charge < -0.3 is 15.2 Å². The molecule has 0 aromatic carbocycles. The number of aromatic nitrogens is 2. The van der Waals surface area contributed by atoms with Gasteiger partial charge in [0.05, 0.1) is 24.6 Å². The number of hydrogen-bond donors (Lipinski definition) is 4. The molecule has 0 saturated heterocycles. The molecule has 7 nitrogen and oxygen atoms in total. The smallest absolute Gasteiger partial charge is 0.240 e. The molecule has 2 aromatic rings. The first-order valence-electron chi connectivity index (χ1n) is 5.36. The van der Waals surface area contributed by atoms with Crippen molar-refractivity contribution in [2.45, 2.75) is 6.04 Å². The lowest BCUT2D eigenvalue weighted by molar-refractivity contribution is 0.153. The fourth-order valence-corrected chi connectivity index (χ4v) is 2.33. The molecule has 5 N–H and O–H groups in total. The summed E-state index contributed by atoms with van der Waals surface area (Å²) in [6, 6.07) is 1.70. The van der Waals surface area contributed by atoms with E-state index in [4.69, 9.17) is 10.6 Å². The molecule has 8 heteroatoms. The number of methoxy groups -OCH3 is 1. The number of nitrogens with two attached hydrogens (primary N) is 1. The Morgan fingerprint density at radius 2 is 2.39 bits per heavy atom. The molecule has 2 aromatic heterocycles. The lowest BCUT2D eigenvalue weighted by Gasteiger charge is -2.16. The third-order valence-electron chi connectivity index (χ3n) is 2.38. The van der Waals surface area contributed by atoms with Gasteiger partial charge >= 0.3 is 0 Å². The zero-order chi connectivity index (χ0) is 13.0. The van der Waals surface area contributed by atoms with Crippen molar-refractivity contribution in [1.29, 1.82) is 0 Å². The van der Waals surface area contributed by atoms with Crippen molar-refractivity contribution in [2.75, 3.05) is 31.1 Å². The van der Waals surface area contributed by atoms with Crippen LogP contribution in [0.5, 0.6) is 0 Å². The highest BCUT2D eigenvalue weighted by Gasteiger charge is 2.13. The van der Waals surface area contributed by atoms with Crippen LogP contribution in [0.3, 0.4) is 0 Å². The number of hydrogen-bond acceptors (Lipinski definition) is 8. The van der Waals surface area contributed by atoms with Gasteiger partial charge in [-0.2, -0.15) is 4.98 Å². The summed E-state index contributed by atoms with van der Waals surface area (Å²) in [6.45, 7) is 0.340. The van der Waals surface area contributed by atoms with Crippen LogP contribution < -0.4 is 16.6 Å². The molecule has 98 valence electrons. The first-order chi connectivity index (χ1) is 8.78. The van der Waals surface area contributed by atoms with Gasteiger partial charge in [0, 0.05) is 7.11 Å². The van der Waals surface area contributed by atoms with Gasteiger partial charge in [0.15, 0.2) is 0 Å². The molecule has 0 bridgehead atoms. The third kappa shape index (κ3) is 2.67. The van der Waals surface area contributed by atoms with E-state index in [9.17, 15) is 5.11 Å². The van der Waals surface area contributed by atoms with Crippen molar-refractivity contribution in [3.63, 3.8) is 0 Å². The molecule has 0 amide bonds. The Balaban J connectivity index is 2.32. The number of aliphatic hydroxyl groups excluding tert-OH is 1. The van der Waals surface area contributed by atoms with Crippen LogP contribution in [0.15, 0.2) is 11.4 Å². The highest BCUT2D eigenvalue weighted by Crippen LogP contribution is 2.26. The van der Waals surface area contributed by atoms with E-state index in [0.29, 0.717) is 18.4 Å². The van der Waals surface area contributed by atoms with Gasteiger partial charge in [0.2, 0.25) is 5.95 Å². The van der Waals surface area contributed by atoms with Crippen LogP contribution in [0.1, 0.15) is 0 Å². The zero-order valence-electron chi connectivity index (χ0n) is 9.88. The lowest BCUT2D eigenvalue weighted by Crippen LogP contribution is -2.29. The largest absolute Gasteiger partial charge is 0.394 e. The molecular formula is C10H15N5O2S. The van der Waals surface area contributed by atoms with Crippen LogP contribution in [-0.2, 0) is 4.74 Å². The fourth-order valence-electron chi connectivity index (χ4n) is 1.56. The van der Waals surface area contributed by atoms with Crippen LogP contribution in [0.4, 0.5) is 11.8 Å². The van der Waals surface area contributed by atoms with Gasteiger partial charge in [-0.25, -0.2) is 10.8 Å². The minimum Gasteiger partial charge on any atom is -0.394 e. The fraction of sp³-hybridized carbons (Fsp3) is 0.400. The van der Waals surface area contributed by atoms with Crippen LogP contribution in [-0.4, -0.2) is 41.4 Å². The standard InChI is InChI=1S/C10H15N5O2S/c1-17-5-6(4-16)12-8-7-2-3-18-9(7)14-10(13-8)15-11/h2-3,6,16H,4-5,11H2,1H3,(H2,12,13,14,15). The predicted octanol–water partition coefficient (Wildman–Crippen LogP) is 0.396.